The highest BCUT2D eigenvalue weighted by Gasteiger charge is 2.35. The van der Waals surface area contributed by atoms with Crippen molar-refractivity contribution in [3.05, 3.63) is 15.9 Å². The molecule has 0 saturated carbocycles. The van der Waals surface area contributed by atoms with Gasteiger partial charge in [0.05, 0.1) is 15.9 Å². The second-order valence-corrected chi connectivity index (χ2v) is 7.14. The molecule has 0 radical (unpaired) electrons. The zero-order valence-corrected chi connectivity index (χ0v) is 14.7. The van der Waals surface area contributed by atoms with Gasteiger partial charge in [0.25, 0.3) is 0 Å². The smallest absolute Gasteiger partial charge is 0.0766 e. The minimum Gasteiger partial charge on any atom is -0.326 e. The molecule has 1 aliphatic rings. The van der Waals surface area contributed by atoms with Crippen LogP contribution in [0.1, 0.15) is 45.0 Å². The Morgan fingerprint density at radius 2 is 1.95 bits per heavy atom. The Morgan fingerprint density at radius 3 is 2.45 bits per heavy atom. The van der Waals surface area contributed by atoms with Crippen molar-refractivity contribution >= 4 is 15.9 Å². The van der Waals surface area contributed by atoms with Crippen LogP contribution < -0.4 is 5.73 Å². The van der Waals surface area contributed by atoms with E-state index in [4.69, 9.17) is 5.73 Å². The standard InChI is InChI=1S/C15H27BrN4/c1-5-11-14(16)12(19(4)18-11)10-13(17)15(2,3)20-8-6-7-9-20/h13H,5-10,17H2,1-4H3. The first-order chi connectivity index (χ1) is 9.37. The number of nitrogens with two attached hydrogens (primary N) is 1. The number of halogens is 1. The zero-order chi connectivity index (χ0) is 14.9. The van der Waals surface area contributed by atoms with Gasteiger partial charge in [-0.2, -0.15) is 5.10 Å². The number of hydrogen-bond acceptors (Lipinski definition) is 3. The summed E-state index contributed by atoms with van der Waals surface area (Å²) >= 11 is 3.69. The lowest BCUT2D eigenvalue weighted by atomic mass is 9.90. The maximum atomic E-state index is 6.55. The zero-order valence-electron chi connectivity index (χ0n) is 13.1. The molecule has 1 unspecified atom stereocenters. The Labute approximate surface area is 130 Å². The number of hydrogen-bond donors (Lipinski definition) is 1. The number of nitrogens with zero attached hydrogens (tertiary/aromatic N) is 3. The molecule has 5 heteroatoms. The summed E-state index contributed by atoms with van der Waals surface area (Å²) in [4.78, 5) is 2.53. The maximum absolute atomic E-state index is 6.55. The summed E-state index contributed by atoms with van der Waals surface area (Å²) in [5.41, 5.74) is 8.91. The fourth-order valence-electron chi connectivity index (χ4n) is 3.03. The monoisotopic (exact) mass is 342 g/mol. The van der Waals surface area contributed by atoms with Crippen LogP contribution in [0.2, 0.25) is 0 Å². The maximum Gasteiger partial charge on any atom is 0.0766 e. The second-order valence-electron chi connectivity index (χ2n) is 6.34. The molecule has 0 amide bonds. The van der Waals surface area contributed by atoms with Gasteiger partial charge in [0.15, 0.2) is 0 Å². The van der Waals surface area contributed by atoms with Gasteiger partial charge in [0, 0.05) is 25.0 Å². The van der Waals surface area contributed by atoms with E-state index in [1.807, 2.05) is 11.7 Å². The Kier molecular flexibility index (Phi) is 4.92. The highest BCUT2D eigenvalue weighted by atomic mass is 79.9. The van der Waals surface area contributed by atoms with Gasteiger partial charge >= 0.3 is 0 Å². The van der Waals surface area contributed by atoms with E-state index in [1.165, 1.54) is 31.6 Å². The van der Waals surface area contributed by atoms with Gasteiger partial charge < -0.3 is 5.73 Å². The van der Waals surface area contributed by atoms with Crippen LogP contribution in [0.3, 0.4) is 0 Å². The van der Waals surface area contributed by atoms with Crippen molar-refractivity contribution < 1.29 is 0 Å². The summed E-state index contributed by atoms with van der Waals surface area (Å²) in [5, 5.41) is 4.56. The van der Waals surface area contributed by atoms with E-state index in [9.17, 15) is 0 Å². The van der Waals surface area contributed by atoms with Crippen molar-refractivity contribution in [2.24, 2.45) is 12.8 Å². The van der Waals surface area contributed by atoms with Crippen LogP contribution in [0.15, 0.2) is 4.47 Å². The molecule has 0 spiro atoms. The molecule has 0 aromatic carbocycles. The highest BCUT2D eigenvalue weighted by molar-refractivity contribution is 9.10. The topological polar surface area (TPSA) is 47.1 Å². The van der Waals surface area contributed by atoms with Gasteiger partial charge in [0.2, 0.25) is 0 Å². The van der Waals surface area contributed by atoms with Crippen molar-refractivity contribution in [1.29, 1.82) is 0 Å². The Balaban J connectivity index is 2.14. The summed E-state index contributed by atoms with van der Waals surface area (Å²) in [6.45, 7) is 9.02. The summed E-state index contributed by atoms with van der Waals surface area (Å²) in [6.07, 6.45) is 4.39. The molecule has 20 heavy (non-hydrogen) atoms. The summed E-state index contributed by atoms with van der Waals surface area (Å²) < 4.78 is 3.11. The fourth-order valence-corrected chi connectivity index (χ4v) is 3.81. The molecule has 1 aromatic rings. The van der Waals surface area contributed by atoms with E-state index in [2.05, 4.69) is 46.7 Å². The van der Waals surface area contributed by atoms with E-state index >= 15 is 0 Å². The average molecular weight is 343 g/mol. The molecule has 114 valence electrons. The van der Waals surface area contributed by atoms with Gasteiger partial charge in [0.1, 0.15) is 0 Å². The quantitative estimate of drug-likeness (QED) is 0.894. The summed E-state index contributed by atoms with van der Waals surface area (Å²) in [5.74, 6) is 0. The Hall–Kier alpha value is -0.390. The number of aromatic nitrogens is 2. The SMILES string of the molecule is CCc1nn(C)c(CC(N)C(C)(C)N2CCCC2)c1Br. The van der Waals surface area contributed by atoms with E-state index in [0.29, 0.717) is 0 Å². The lowest BCUT2D eigenvalue weighted by molar-refractivity contribution is 0.122. The lowest BCUT2D eigenvalue weighted by Gasteiger charge is -2.40. The first-order valence-corrected chi connectivity index (χ1v) is 8.38. The minimum absolute atomic E-state index is 0.0343. The molecule has 1 aromatic heterocycles. The van der Waals surface area contributed by atoms with Crippen molar-refractivity contribution in [1.82, 2.24) is 14.7 Å². The van der Waals surface area contributed by atoms with Crippen molar-refractivity contribution in [3.63, 3.8) is 0 Å². The van der Waals surface area contributed by atoms with E-state index in [-0.39, 0.29) is 11.6 Å². The lowest BCUT2D eigenvalue weighted by Crippen LogP contribution is -2.56. The van der Waals surface area contributed by atoms with Gasteiger partial charge in [-0.3, -0.25) is 9.58 Å². The molecular formula is C15H27BrN4. The molecule has 2 heterocycles. The molecular weight excluding hydrogens is 316 g/mol. The third kappa shape index (κ3) is 2.95. The van der Waals surface area contributed by atoms with E-state index in [1.54, 1.807) is 0 Å². The van der Waals surface area contributed by atoms with Crippen LogP contribution in [0.4, 0.5) is 0 Å². The third-order valence-corrected chi connectivity index (χ3v) is 5.66. The third-order valence-electron chi connectivity index (χ3n) is 4.74. The van der Waals surface area contributed by atoms with Crippen LogP contribution in [0.25, 0.3) is 0 Å². The molecule has 1 aliphatic heterocycles. The first kappa shape index (κ1) is 16.0. The Bertz CT molecular complexity index is 461. The van der Waals surface area contributed by atoms with Crippen molar-refractivity contribution in [2.75, 3.05) is 13.1 Å². The number of rotatable bonds is 5. The number of aryl methyl sites for hydroxylation is 2. The molecule has 1 saturated heterocycles. The molecule has 0 aliphatic carbocycles. The molecule has 0 bridgehead atoms. The second kappa shape index (κ2) is 6.16. The van der Waals surface area contributed by atoms with Crippen LogP contribution >= 0.6 is 15.9 Å². The highest BCUT2D eigenvalue weighted by Crippen LogP contribution is 2.28. The van der Waals surface area contributed by atoms with Gasteiger partial charge in [-0.05, 0) is 62.1 Å². The average Bonchev–Trinajstić information content (AvgIpc) is 3.02. The summed E-state index contributed by atoms with van der Waals surface area (Å²) in [7, 11) is 2.01. The van der Waals surface area contributed by atoms with Gasteiger partial charge in [-0.15, -0.1) is 0 Å². The normalized spacial score (nSPS) is 18.7. The fraction of sp³-hybridized carbons (Fsp3) is 0.800. The van der Waals surface area contributed by atoms with Crippen LogP contribution in [-0.2, 0) is 19.9 Å². The Morgan fingerprint density at radius 1 is 1.35 bits per heavy atom. The van der Waals surface area contributed by atoms with Crippen LogP contribution in [-0.4, -0.2) is 39.4 Å². The van der Waals surface area contributed by atoms with E-state index in [0.717, 1.165) is 23.0 Å². The molecule has 2 N–H and O–H groups in total. The summed E-state index contributed by atoms with van der Waals surface area (Å²) in [6, 6.07) is 0.108. The molecule has 4 nitrogen and oxygen atoms in total. The molecule has 1 fully saturated rings. The predicted molar refractivity (Wildman–Crippen MR) is 86.9 cm³/mol. The molecule has 2 rings (SSSR count). The number of likely N-dealkylation sites (tertiary alicyclic amines) is 1. The minimum atomic E-state index is 0.0343. The van der Waals surface area contributed by atoms with Gasteiger partial charge in [-0.1, -0.05) is 6.92 Å². The van der Waals surface area contributed by atoms with Gasteiger partial charge in [-0.25, -0.2) is 0 Å². The van der Waals surface area contributed by atoms with Crippen molar-refractivity contribution in [2.45, 2.75) is 58.0 Å². The van der Waals surface area contributed by atoms with Crippen molar-refractivity contribution in [3.8, 4) is 0 Å². The first-order valence-electron chi connectivity index (χ1n) is 7.58. The van der Waals surface area contributed by atoms with E-state index < -0.39 is 0 Å². The predicted octanol–water partition coefficient (Wildman–Crippen LogP) is 2.49. The van der Waals surface area contributed by atoms with Crippen LogP contribution in [0.5, 0.6) is 0 Å². The van der Waals surface area contributed by atoms with Crippen LogP contribution in [0, 0.1) is 0 Å². The largest absolute Gasteiger partial charge is 0.326 e. The molecule has 1 atom stereocenters.